The summed E-state index contributed by atoms with van der Waals surface area (Å²) in [6.45, 7) is 0. The van der Waals surface area contributed by atoms with E-state index in [0.717, 1.165) is 11.1 Å². The molecule has 0 fully saturated rings. The molecule has 15 heavy (non-hydrogen) atoms. The van der Waals surface area contributed by atoms with E-state index in [1.54, 1.807) is 24.8 Å². The third-order valence-corrected chi connectivity index (χ3v) is 1.89. The van der Waals surface area contributed by atoms with Gasteiger partial charge in [0.15, 0.2) is 0 Å². The van der Waals surface area contributed by atoms with Crippen LogP contribution in [0.4, 0.5) is 0 Å². The van der Waals surface area contributed by atoms with Crippen molar-refractivity contribution in [1.82, 2.24) is 4.98 Å². The molecule has 0 aromatic carbocycles. The van der Waals surface area contributed by atoms with Gasteiger partial charge in [-0.25, -0.2) is 0 Å². The second kappa shape index (κ2) is 4.61. The number of furan rings is 1. The highest BCUT2D eigenvalue weighted by Gasteiger charge is 2.02. The first kappa shape index (κ1) is 11.3. The molecule has 0 amide bonds. The van der Waals surface area contributed by atoms with Crippen molar-refractivity contribution in [2.75, 3.05) is 0 Å². The van der Waals surface area contributed by atoms with Crippen molar-refractivity contribution in [3.05, 3.63) is 42.6 Å². The van der Waals surface area contributed by atoms with Crippen LogP contribution in [0.2, 0.25) is 0 Å². The smallest absolute Gasteiger partial charge is 0.141 e. The van der Waals surface area contributed by atoms with Gasteiger partial charge >= 0.3 is 0 Å². The molecule has 5 heteroatoms. The SMILES string of the molecule is Cl.N=C(N)c1cc(-c2ccoc2)ccn1. The number of hydrogen-bond acceptors (Lipinski definition) is 3. The molecule has 0 atom stereocenters. The van der Waals surface area contributed by atoms with Gasteiger partial charge < -0.3 is 10.2 Å². The third-order valence-electron chi connectivity index (χ3n) is 1.89. The lowest BCUT2D eigenvalue weighted by molar-refractivity contribution is 0.568. The van der Waals surface area contributed by atoms with Crippen LogP contribution in [-0.4, -0.2) is 10.8 Å². The predicted octanol–water partition coefficient (Wildman–Crippen LogP) is 2.05. The Balaban J connectivity index is 0.00000112. The molecule has 0 bridgehead atoms. The van der Waals surface area contributed by atoms with Gasteiger partial charge in [-0.05, 0) is 23.8 Å². The van der Waals surface area contributed by atoms with Crippen LogP contribution in [0.15, 0.2) is 41.3 Å². The maximum Gasteiger partial charge on any atom is 0.141 e. The number of aromatic nitrogens is 1. The minimum atomic E-state index is -0.0321. The van der Waals surface area contributed by atoms with Crippen LogP contribution >= 0.6 is 12.4 Å². The summed E-state index contributed by atoms with van der Waals surface area (Å²) in [4.78, 5) is 3.97. The zero-order chi connectivity index (χ0) is 9.97. The summed E-state index contributed by atoms with van der Waals surface area (Å²) in [5.74, 6) is -0.0321. The van der Waals surface area contributed by atoms with Gasteiger partial charge in [-0.3, -0.25) is 10.4 Å². The van der Waals surface area contributed by atoms with Crippen LogP contribution < -0.4 is 5.73 Å². The summed E-state index contributed by atoms with van der Waals surface area (Å²) in [5.41, 5.74) is 7.71. The van der Waals surface area contributed by atoms with Gasteiger partial charge in [-0.15, -0.1) is 12.4 Å². The quantitative estimate of drug-likeness (QED) is 0.604. The van der Waals surface area contributed by atoms with Gasteiger partial charge in [0, 0.05) is 11.8 Å². The van der Waals surface area contributed by atoms with E-state index in [1.165, 1.54) is 0 Å². The molecular weight excluding hydrogens is 214 g/mol. The lowest BCUT2D eigenvalue weighted by atomic mass is 10.1. The Morgan fingerprint density at radius 2 is 2.13 bits per heavy atom. The third kappa shape index (κ3) is 2.35. The number of amidine groups is 1. The molecule has 3 N–H and O–H groups in total. The second-order valence-corrected chi connectivity index (χ2v) is 2.86. The maximum atomic E-state index is 7.25. The predicted molar refractivity (Wildman–Crippen MR) is 60.2 cm³/mol. The van der Waals surface area contributed by atoms with E-state index in [0.29, 0.717) is 5.69 Å². The first-order valence-corrected chi connectivity index (χ1v) is 4.10. The molecule has 2 heterocycles. The van der Waals surface area contributed by atoms with Crippen molar-refractivity contribution >= 4 is 18.2 Å². The van der Waals surface area contributed by atoms with Crippen molar-refractivity contribution in [3.63, 3.8) is 0 Å². The minimum absolute atomic E-state index is 0. The van der Waals surface area contributed by atoms with Crippen LogP contribution in [0, 0.1) is 5.41 Å². The molecule has 2 rings (SSSR count). The average molecular weight is 224 g/mol. The number of nitrogens with two attached hydrogens (primary N) is 1. The molecule has 4 nitrogen and oxygen atoms in total. The van der Waals surface area contributed by atoms with E-state index in [9.17, 15) is 0 Å². The summed E-state index contributed by atoms with van der Waals surface area (Å²) in [5, 5.41) is 7.25. The Morgan fingerprint density at radius 1 is 1.33 bits per heavy atom. The van der Waals surface area contributed by atoms with E-state index < -0.39 is 0 Å². The van der Waals surface area contributed by atoms with Crippen molar-refractivity contribution in [1.29, 1.82) is 5.41 Å². The van der Waals surface area contributed by atoms with Crippen LogP contribution in [0.5, 0.6) is 0 Å². The Kier molecular flexibility index (Phi) is 3.46. The van der Waals surface area contributed by atoms with Gasteiger partial charge in [0.05, 0.1) is 12.5 Å². The fourth-order valence-corrected chi connectivity index (χ4v) is 1.19. The Morgan fingerprint density at radius 3 is 2.73 bits per heavy atom. The molecule has 0 radical (unpaired) electrons. The van der Waals surface area contributed by atoms with Crippen LogP contribution in [-0.2, 0) is 0 Å². The van der Waals surface area contributed by atoms with Crippen molar-refractivity contribution < 1.29 is 4.42 Å². The Hall–Kier alpha value is -1.81. The molecule has 2 aromatic heterocycles. The number of nitrogens with zero attached hydrogens (tertiary/aromatic N) is 1. The number of hydrogen-bond donors (Lipinski definition) is 2. The van der Waals surface area contributed by atoms with E-state index in [4.69, 9.17) is 15.6 Å². The number of rotatable bonds is 2. The summed E-state index contributed by atoms with van der Waals surface area (Å²) >= 11 is 0. The second-order valence-electron chi connectivity index (χ2n) is 2.86. The normalized spacial score (nSPS) is 9.33. The summed E-state index contributed by atoms with van der Waals surface area (Å²) in [6.07, 6.45) is 4.86. The van der Waals surface area contributed by atoms with Crippen molar-refractivity contribution in [2.24, 2.45) is 5.73 Å². The van der Waals surface area contributed by atoms with Crippen LogP contribution in [0.3, 0.4) is 0 Å². The maximum absolute atomic E-state index is 7.25. The molecule has 0 saturated carbocycles. The van der Waals surface area contributed by atoms with Gasteiger partial charge in [0.2, 0.25) is 0 Å². The Bertz CT molecular complexity index is 453. The molecule has 0 aliphatic heterocycles. The van der Waals surface area contributed by atoms with Crippen LogP contribution in [0.1, 0.15) is 5.69 Å². The fraction of sp³-hybridized carbons (Fsp3) is 0. The van der Waals surface area contributed by atoms with E-state index >= 15 is 0 Å². The van der Waals surface area contributed by atoms with Gasteiger partial charge in [-0.1, -0.05) is 0 Å². The number of halogens is 1. The van der Waals surface area contributed by atoms with Gasteiger partial charge in [-0.2, -0.15) is 0 Å². The van der Waals surface area contributed by atoms with E-state index in [2.05, 4.69) is 4.98 Å². The lowest BCUT2D eigenvalue weighted by Crippen LogP contribution is -2.12. The average Bonchev–Trinajstić information content (AvgIpc) is 2.71. The zero-order valence-corrected chi connectivity index (χ0v) is 8.62. The largest absolute Gasteiger partial charge is 0.472 e. The van der Waals surface area contributed by atoms with Gasteiger partial charge in [0.25, 0.3) is 0 Å². The highest BCUT2D eigenvalue weighted by atomic mass is 35.5. The van der Waals surface area contributed by atoms with E-state index in [-0.39, 0.29) is 18.2 Å². The zero-order valence-electron chi connectivity index (χ0n) is 7.81. The number of nitrogen functional groups attached to an aromatic ring is 1. The fourth-order valence-electron chi connectivity index (χ4n) is 1.19. The van der Waals surface area contributed by atoms with E-state index in [1.807, 2.05) is 12.1 Å². The molecule has 0 saturated heterocycles. The highest BCUT2D eigenvalue weighted by molar-refractivity contribution is 5.94. The topological polar surface area (TPSA) is 75.9 Å². The van der Waals surface area contributed by atoms with Crippen molar-refractivity contribution in [2.45, 2.75) is 0 Å². The monoisotopic (exact) mass is 223 g/mol. The minimum Gasteiger partial charge on any atom is -0.472 e. The van der Waals surface area contributed by atoms with Crippen LogP contribution in [0.25, 0.3) is 11.1 Å². The summed E-state index contributed by atoms with van der Waals surface area (Å²) in [7, 11) is 0. The molecule has 0 unspecified atom stereocenters. The number of nitrogens with one attached hydrogen (secondary N) is 1. The first-order valence-electron chi connectivity index (χ1n) is 4.10. The lowest BCUT2D eigenvalue weighted by Gasteiger charge is -1.99. The number of pyridine rings is 1. The van der Waals surface area contributed by atoms with Gasteiger partial charge in [0.1, 0.15) is 11.5 Å². The van der Waals surface area contributed by atoms with Crippen molar-refractivity contribution in [3.8, 4) is 11.1 Å². The molecule has 0 spiro atoms. The molecular formula is C10H10ClN3O. The molecule has 0 aliphatic rings. The molecule has 2 aromatic rings. The highest BCUT2D eigenvalue weighted by Crippen LogP contribution is 2.19. The molecule has 78 valence electrons. The molecule has 0 aliphatic carbocycles. The Labute approximate surface area is 93.0 Å². The summed E-state index contributed by atoms with van der Waals surface area (Å²) in [6, 6.07) is 5.45. The summed E-state index contributed by atoms with van der Waals surface area (Å²) < 4.78 is 4.96. The first-order chi connectivity index (χ1) is 6.77. The standard InChI is InChI=1S/C10H9N3O.ClH/c11-10(12)9-5-7(1-3-13-9)8-2-4-14-6-8;/h1-6H,(H3,11,12);1H.